The van der Waals surface area contributed by atoms with Gasteiger partial charge in [0.2, 0.25) is 0 Å². The van der Waals surface area contributed by atoms with Crippen LogP contribution in [0.15, 0.2) is 42.0 Å². The van der Waals surface area contributed by atoms with Crippen molar-refractivity contribution in [3.63, 3.8) is 0 Å². The Morgan fingerprint density at radius 1 is 0.913 bits per heavy atom. The Labute approximate surface area is 147 Å². The minimum absolute atomic E-state index is 0.898. The van der Waals surface area contributed by atoms with Crippen molar-refractivity contribution in [3.05, 3.63) is 47.5 Å². The van der Waals surface area contributed by atoms with Crippen LogP contribution in [0.5, 0.6) is 0 Å². The van der Waals surface area contributed by atoms with Gasteiger partial charge >= 0.3 is 0 Å². The monoisotopic (exact) mass is 318 g/mol. The lowest BCUT2D eigenvalue weighted by Gasteiger charge is -2.01. The fraction of sp³-hybridized carbons (Fsp3) is 0.652. The number of unbranched alkanes of at least 4 members (excludes halogenated alkanes) is 1. The molecule has 0 spiro atoms. The van der Waals surface area contributed by atoms with Crippen LogP contribution < -0.4 is 0 Å². The molecule has 0 fully saturated rings. The lowest BCUT2D eigenvalue weighted by Crippen LogP contribution is -1.85. The molecule has 1 rings (SSSR count). The van der Waals surface area contributed by atoms with Gasteiger partial charge in [0, 0.05) is 0 Å². The van der Waals surface area contributed by atoms with E-state index in [-0.39, 0.29) is 0 Å². The molecule has 0 aliphatic rings. The molecule has 1 aromatic rings. The minimum Gasteiger partial charge on any atom is -0.0859 e. The van der Waals surface area contributed by atoms with Crippen molar-refractivity contribution in [2.75, 3.05) is 0 Å². The summed E-state index contributed by atoms with van der Waals surface area (Å²) in [5.74, 6) is 0.898. The molecule has 0 N–H and O–H groups in total. The molecule has 0 aliphatic heterocycles. The SMILES string of the molecule is CC/C=C(\C)CCc1ccccc1.CCCC.CCCC(C)C. The van der Waals surface area contributed by atoms with E-state index in [1.165, 1.54) is 49.7 Å². The third-order valence-electron chi connectivity index (χ3n) is 3.57. The van der Waals surface area contributed by atoms with Gasteiger partial charge in [-0.1, -0.05) is 109 Å². The summed E-state index contributed by atoms with van der Waals surface area (Å²) in [5.41, 5.74) is 2.94. The third-order valence-corrected chi connectivity index (χ3v) is 3.57. The molecule has 1 aromatic carbocycles. The van der Waals surface area contributed by atoms with Gasteiger partial charge in [0.15, 0.2) is 0 Å². The molecule has 0 heterocycles. The third kappa shape index (κ3) is 21.0. The Kier molecular flexibility index (Phi) is 20.0. The van der Waals surface area contributed by atoms with Crippen LogP contribution >= 0.6 is 0 Å². The summed E-state index contributed by atoms with van der Waals surface area (Å²) in [7, 11) is 0. The maximum absolute atomic E-state index is 2.31. The van der Waals surface area contributed by atoms with Gasteiger partial charge in [-0.05, 0) is 37.7 Å². The Hall–Kier alpha value is -1.04. The van der Waals surface area contributed by atoms with Crippen LogP contribution in [0.4, 0.5) is 0 Å². The van der Waals surface area contributed by atoms with E-state index in [1.807, 2.05) is 0 Å². The highest BCUT2D eigenvalue weighted by atomic mass is 14.0. The normalized spacial score (nSPS) is 10.5. The number of rotatable bonds is 7. The lowest BCUT2D eigenvalue weighted by molar-refractivity contribution is 0.576. The summed E-state index contributed by atoms with van der Waals surface area (Å²) in [6.45, 7) is 15.5. The van der Waals surface area contributed by atoms with Crippen LogP contribution in [-0.4, -0.2) is 0 Å². The van der Waals surface area contributed by atoms with E-state index in [2.05, 4.69) is 84.9 Å². The quantitative estimate of drug-likeness (QED) is 0.444. The van der Waals surface area contributed by atoms with Gasteiger partial charge in [0.1, 0.15) is 0 Å². The van der Waals surface area contributed by atoms with Gasteiger partial charge in [-0.2, -0.15) is 0 Å². The van der Waals surface area contributed by atoms with Crippen LogP contribution in [0.3, 0.4) is 0 Å². The Morgan fingerprint density at radius 3 is 1.83 bits per heavy atom. The highest BCUT2D eigenvalue weighted by Gasteiger charge is 1.92. The first-order chi connectivity index (χ1) is 11.0. The Morgan fingerprint density at radius 2 is 1.48 bits per heavy atom. The fourth-order valence-electron chi connectivity index (χ4n) is 2.01. The zero-order valence-corrected chi connectivity index (χ0v) is 17.0. The van der Waals surface area contributed by atoms with Gasteiger partial charge in [0.25, 0.3) is 0 Å². The second-order valence-corrected chi connectivity index (χ2v) is 6.63. The summed E-state index contributed by atoms with van der Waals surface area (Å²) >= 11 is 0. The Balaban J connectivity index is 0. The van der Waals surface area contributed by atoms with Gasteiger partial charge in [0.05, 0.1) is 0 Å². The van der Waals surface area contributed by atoms with Crippen molar-refractivity contribution in [3.8, 4) is 0 Å². The molecule has 0 heteroatoms. The van der Waals surface area contributed by atoms with Gasteiger partial charge in [-0.25, -0.2) is 0 Å². The molecule has 0 aliphatic carbocycles. The molecule has 0 saturated heterocycles. The standard InChI is InChI=1S/C13H18.C6H14.C4H10/c1-3-7-12(2)10-11-13-8-5-4-6-9-13;1-4-5-6(2)3;1-3-4-2/h4-9H,3,10-11H2,1-2H3;6H,4-5H2,1-3H3;3-4H2,1-2H3/b12-7+;;. The van der Waals surface area contributed by atoms with Crippen LogP contribution in [0.2, 0.25) is 0 Å². The largest absolute Gasteiger partial charge is 0.0859 e. The topological polar surface area (TPSA) is 0 Å². The van der Waals surface area contributed by atoms with E-state index < -0.39 is 0 Å². The van der Waals surface area contributed by atoms with Crippen LogP contribution in [0, 0.1) is 5.92 Å². The summed E-state index contributed by atoms with van der Waals surface area (Å²) < 4.78 is 0. The molecule has 0 bridgehead atoms. The zero-order valence-electron chi connectivity index (χ0n) is 17.0. The molecule has 0 radical (unpaired) electrons. The molecule has 0 saturated carbocycles. The van der Waals surface area contributed by atoms with Gasteiger partial charge in [-0.3, -0.25) is 0 Å². The maximum atomic E-state index is 2.31. The minimum atomic E-state index is 0.898. The molecule has 0 amide bonds. The van der Waals surface area contributed by atoms with E-state index in [0.29, 0.717) is 0 Å². The fourth-order valence-corrected chi connectivity index (χ4v) is 2.01. The number of hydrogen-bond acceptors (Lipinski definition) is 0. The van der Waals surface area contributed by atoms with Crippen molar-refractivity contribution >= 4 is 0 Å². The summed E-state index contributed by atoms with van der Waals surface area (Å²) in [4.78, 5) is 0. The van der Waals surface area contributed by atoms with E-state index >= 15 is 0 Å². The number of allylic oxidation sites excluding steroid dienone is 2. The number of benzene rings is 1. The first kappa shape index (κ1) is 24.2. The highest BCUT2D eigenvalue weighted by Crippen LogP contribution is 2.08. The van der Waals surface area contributed by atoms with Crippen molar-refractivity contribution in [1.29, 1.82) is 0 Å². The predicted octanol–water partition coefficient (Wildman–Crippen LogP) is 8.22. The number of aryl methyl sites for hydroxylation is 1. The van der Waals surface area contributed by atoms with Crippen molar-refractivity contribution in [1.82, 2.24) is 0 Å². The second kappa shape index (κ2) is 19.0. The van der Waals surface area contributed by atoms with Crippen molar-refractivity contribution < 1.29 is 0 Å². The van der Waals surface area contributed by atoms with Gasteiger partial charge in [-0.15, -0.1) is 0 Å². The molecule has 0 atom stereocenters. The van der Waals surface area contributed by atoms with Crippen LogP contribution in [-0.2, 0) is 6.42 Å². The highest BCUT2D eigenvalue weighted by molar-refractivity contribution is 5.16. The van der Waals surface area contributed by atoms with Crippen LogP contribution in [0.1, 0.15) is 92.6 Å². The average Bonchev–Trinajstić information content (AvgIpc) is 2.55. The van der Waals surface area contributed by atoms with Crippen molar-refractivity contribution in [2.45, 2.75) is 93.4 Å². The van der Waals surface area contributed by atoms with Crippen molar-refractivity contribution in [2.24, 2.45) is 5.92 Å². The van der Waals surface area contributed by atoms with Gasteiger partial charge < -0.3 is 0 Å². The summed E-state index contributed by atoms with van der Waals surface area (Å²) in [6.07, 6.45) is 11.2. The molecular formula is C23H42. The van der Waals surface area contributed by atoms with E-state index in [1.54, 1.807) is 0 Å². The van der Waals surface area contributed by atoms with E-state index in [0.717, 1.165) is 12.3 Å². The smallest absolute Gasteiger partial charge is 0.0242 e. The van der Waals surface area contributed by atoms with E-state index in [4.69, 9.17) is 0 Å². The van der Waals surface area contributed by atoms with Crippen LogP contribution in [0.25, 0.3) is 0 Å². The first-order valence-corrected chi connectivity index (χ1v) is 9.71. The Bertz CT molecular complexity index is 344. The molecule has 23 heavy (non-hydrogen) atoms. The predicted molar refractivity (Wildman–Crippen MR) is 109 cm³/mol. The molecule has 0 aromatic heterocycles. The molecule has 0 nitrogen and oxygen atoms in total. The molecule has 134 valence electrons. The summed E-state index contributed by atoms with van der Waals surface area (Å²) in [5, 5.41) is 0. The van der Waals surface area contributed by atoms with E-state index in [9.17, 15) is 0 Å². The zero-order chi connectivity index (χ0) is 17.9. The molecular weight excluding hydrogens is 276 g/mol. The average molecular weight is 319 g/mol. The summed E-state index contributed by atoms with van der Waals surface area (Å²) in [6, 6.07) is 10.7. The maximum Gasteiger partial charge on any atom is -0.0242 e. The lowest BCUT2D eigenvalue weighted by atomic mass is 10.1. The number of hydrogen-bond donors (Lipinski definition) is 0. The second-order valence-electron chi connectivity index (χ2n) is 6.63. The first-order valence-electron chi connectivity index (χ1n) is 9.71. The molecule has 0 unspecified atom stereocenters.